The molecule has 2 aromatic carbocycles. The summed E-state index contributed by atoms with van der Waals surface area (Å²) in [5, 5.41) is 7.28. The standard InChI is InChI=1S/C17H20N2/c1-2-13-12-17(19-14-8-4-3-5-9-14)15-10-6-7-11-16(15)18-13/h3-11,13,17-19H,2,12H2,1H3/t13-,17+/m1/s1. The van der Waals surface area contributed by atoms with Gasteiger partial charge in [0.2, 0.25) is 0 Å². The Hall–Kier alpha value is -1.96. The van der Waals surface area contributed by atoms with E-state index in [4.69, 9.17) is 0 Å². The number of hydrogen-bond donors (Lipinski definition) is 2. The summed E-state index contributed by atoms with van der Waals surface area (Å²) in [5.41, 5.74) is 3.84. The maximum absolute atomic E-state index is 3.66. The van der Waals surface area contributed by atoms with Gasteiger partial charge in [0.1, 0.15) is 0 Å². The van der Waals surface area contributed by atoms with Crippen LogP contribution in [0.4, 0.5) is 11.4 Å². The summed E-state index contributed by atoms with van der Waals surface area (Å²) in [6.45, 7) is 2.24. The lowest BCUT2D eigenvalue weighted by Gasteiger charge is -2.33. The van der Waals surface area contributed by atoms with Crippen LogP contribution in [0.3, 0.4) is 0 Å². The minimum Gasteiger partial charge on any atom is -0.382 e. The number of benzene rings is 2. The van der Waals surface area contributed by atoms with Crippen LogP contribution in [0, 0.1) is 0 Å². The van der Waals surface area contributed by atoms with Crippen molar-refractivity contribution < 1.29 is 0 Å². The molecule has 3 rings (SSSR count). The van der Waals surface area contributed by atoms with Crippen molar-refractivity contribution in [2.45, 2.75) is 31.8 Å². The Morgan fingerprint density at radius 1 is 1.05 bits per heavy atom. The van der Waals surface area contributed by atoms with Gasteiger partial charge in [-0.1, -0.05) is 43.3 Å². The largest absolute Gasteiger partial charge is 0.382 e. The zero-order chi connectivity index (χ0) is 13.1. The fourth-order valence-electron chi connectivity index (χ4n) is 2.76. The lowest BCUT2D eigenvalue weighted by atomic mass is 9.91. The molecule has 0 saturated heterocycles. The van der Waals surface area contributed by atoms with E-state index in [9.17, 15) is 0 Å². The first-order valence-electron chi connectivity index (χ1n) is 7.04. The molecule has 2 nitrogen and oxygen atoms in total. The Morgan fingerprint density at radius 3 is 2.58 bits per heavy atom. The van der Waals surface area contributed by atoms with Crippen LogP contribution in [-0.2, 0) is 0 Å². The molecule has 2 heteroatoms. The van der Waals surface area contributed by atoms with Crippen LogP contribution in [-0.4, -0.2) is 6.04 Å². The van der Waals surface area contributed by atoms with E-state index in [2.05, 4.69) is 72.2 Å². The van der Waals surface area contributed by atoms with Crippen molar-refractivity contribution in [1.82, 2.24) is 0 Å². The van der Waals surface area contributed by atoms with Crippen LogP contribution in [0.2, 0.25) is 0 Å². The van der Waals surface area contributed by atoms with E-state index < -0.39 is 0 Å². The molecule has 2 atom stereocenters. The molecule has 0 radical (unpaired) electrons. The number of hydrogen-bond acceptors (Lipinski definition) is 2. The van der Waals surface area contributed by atoms with Gasteiger partial charge < -0.3 is 10.6 Å². The highest BCUT2D eigenvalue weighted by atomic mass is 15.0. The number of rotatable bonds is 3. The first-order chi connectivity index (χ1) is 9.36. The topological polar surface area (TPSA) is 24.1 Å². The highest BCUT2D eigenvalue weighted by Crippen LogP contribution is 2.35. The van der Waals surface area contributed by atoms with Crippen LogP contribution < -0.4 is 10.6 Å². The second kappa shape index (κ2) is 5.35. The Balaban J connectivity index is 1.88. The Kier molecular flexibility index (Phi) is 3.41. The summed E-state index contributed by atoms with van der Waals surface area (Å²) in [7, 11) is 0. The normalized spacial score (nSPS) is 21.3. The third kappa shape index (κ3) is 2.58. The average molecular weight is 252 g/mol. The fourth-order valence-corrected chi connectivity index (χ4v) is 2.76. The number of para-hydroxylation sites is 2. The summed E-state index contributed by atoms with van der Waals surface area (Å²) >= 11 is 0. The molecule has 1 aliphatic rings. The van der Waals surface area contributed by atoms with Crippen LogP contribution in [0.5, 0.6) is 0 Å². The summed E-state index contributed by atoms with van der Waals surface area (Å²) < 4.78 is 0. The molecule has 1 aliphatic heterocycles. The van der Waals surface area contributed by atoms with Gasteiger partial charge in [-0.15, -0.1) is 0 Å². The lowest BCUT2D eigenvalue weighted by Crippen LogP contribution is -2.30. The third-order valence-electron chi connectivity index (χ3n) is 3.82. The minimum atomic E-state index is 0.393. The molecule has 0 amide bonds. The van der Waals surface area contributed by atoms with Crippen molar-refractivity contribution in [2.75, 3.05) is 10.6 Å². The molecule has 0 aliphatic carbocycles. The molecule has 0 spiro atoms. The van der Waals surface area contributed by atoms with Crippen LogP contribution in [0.25, 0.3) is 0 Å². The van der Waals surface area contributed by atoms with E-state index in [1.165, 1.54) is 16.9 Å². The van der Waals surface area contributed by atoms with Crippen LogP contribution >= 0.6 is 0 Å². The molecular weight excluding hydrogens is 232 g/mol. The summed E-state index contributed by atoms with van der Waals surface area (Å²) in [6, 6.07) is 20.0. The van der Waals surface area contributed by atoms with Crippen molar-refractivity contribution in [2.24, 2.45) is 0 Å². The van der Waals surface area contributed by atoms with Crippen LogP contribution in [0.1, 0.15) is 31.4 Å². The summed E-state index contributed by atoms with van der Waals surface area (Å²) in [6.07, 6.45) is 2.28. The van der Waals surface area contributed by atoms with Crippen molar-refractivity contribution in [3.63, 3.8) is 0 Å². The van der Waals surface area contributed by atoms with E-state index >= 15 is 0 Å². The third-order valence-corrected chi connectivity index (χ3v) is 3.82. The molecule has 19 heavy (non-hydrogen) atoms. The van der Waals surface area contributed by atoms with Gasteiger partial charge in [-0.2, -0.15) is 0 Å². The molecule has 2 N–H and O–H groups in total. The highest BCUT2D eigenvalue weighted by Gasteiger charge is 2.24. The first kappa shape index (κ1) is 12.1. The van der Waals surface area contributed by atoms with E-state index in [1.807, 2.05) is 0 Å². The Morgan fingerprint density at radius 2 is 1.79 bits per heavy atom. The SMILES string of the molecule is CC[C@@H]1C[C@H](Nc2ccccc2)c2ccccc2N1. The van der Waals surface area contributed by atoms with Gasteiger partial charge in [0, 0.05) is 17.4 Å². The molecular formula is C17H20N2. The second-order valence-electron chi connectivity index (χ2n) is 5.14. The average Bonchev–Trinajstić information content (AvgIpc) is 2.48. The summed E-state index contributed by atoms with van der Waals surface area (Å²) in [4.78, 5) is 0. The predicted octanol–water partition coefficient (Wildman–Crippen LogP) is 4.43. The predicted molar refractivity (Wildman–Crippen MR) is 81.6 cm³/mol. The zero-order valence-corrected chi connectivity index (χ0v) is 11.3. The maximum Gasteiger partial charge on any atom is 0.0553 e. The maximum atomic E-state index is 3.66. The Labute approximate surface area is 114 Å². The number of fused-ring (bicyclic) bond motifs is 1. The van der Waals surface area contributed by atoms with E-state index in [1.54, 1.807) is 0 Å². The molecule has 0 unspecified atom stereocenters. The van der Waals surface area contributed by atoms with E-state index in [-0.39, 0.29) is 0 Å². The minimum absolute atomic E-state index is 0.393. The number of anilines is 2. The smallest absolute Gasteiger partial charge is 0.0553 e. The molecule has 98 valence electrons. The van der Waals surface area contributed by atoms with Gasteiger partial charge in [-0.3, -0.25) is 0 Å². The van der Waals surface area contributed by atoms with Crippen LogP contribution in [0.15, 0.2) is 54.6 Å². The van der Waals surface area contributed by atoms with E-state index in [0.29, 0.717) is 12.1 Å². The first-order valence-corrected chi connectivity index (χ1v) is 7.04. The van der Waals surface area contributed by atoms with Crippen molar-refractivity contribution in [3.05, 3.63) is 60.2 Å². The van der Waals surface area contributed by atoms with Crippen molar-refractivity contribution in [1.29, 1.82) is 0 Å². The van der Waals surface area contributed by atoms with Gasteiger partial charge in [-0.05, 0) is 36.6 Å². The Bertz CT molecular complexity index is 536. The van der Waals surface area contributed by atoms with E-state index in [0.717, 1.165) is 12.8 Å². The van der Waals surface area contributed by atoms with Crippen molar-refractivity contribution in [3.8, 4) is 0 Å². The number of nitrogens with one attached hydrogen (secondary N) is 2. The summed E-state index contributed by atoms with van der Waals surface area (Å²) in [5.74, 6) is 0. The van der Waals surface area contributed by atoms with Crippen molar-refractivity contribution >= 4 is 11.4 Å². The van der Waals surface area contributed by atoms with Gasteiger partial charge in [-0.25, -0.2) is 0 Å². The molecule has 0 aromatic heterocycles. The quantitative estimate of drug-likeness (QED) is 0.844. The molecule has 0 fully saturated rings. The molecule has 1 heterocycles. The second-order valence-corrected chi connectivity index (χ2v) is 5.14. The van der Waals surface area contributed by atoms with Gasteiger partial charge in [0.25, 0.3) is 0 Å². The molecule has 0 saturated carbocycles. The fraction of sp³-hybridized carbons (Fsp3) is 0.294. The van der Waals surface area contributed by atoms with Gasteiger partial charge >= 0.3 is 0 Å². The van der Waals surface area contributed by atoms with Gasteiger partial charge in [0.05, 0.1) is 6.04 Å². The highest BCUT2D eigenvalue weighted by molar-refractivity contribution is 5.58. The molecule has 0 bridgehead atoms. The molecule has 2 aromatic rings. The lowest BCUT2D eigenvalue weighted by molar-refractivity contribution is 0.554. The zero-order valence-electron chi connectivity index (χ0n) is 11.3. The van der Waals surface area contributed by atoms with Gasteiger partial charge in [0.15, 0.2) is 0 Å². The monoisotopic (exact) mass is 252 g/mol.